The van der Waals surface area contributed by atoms with Crippen molar-refractivity contribution in [3.05, 3.63) is 24.2 Å². The standard InChI is InChI=1S/C16H25N5/c1-12(2)18-11-14-6-4-5-8-20(14)16-15-10-13(3)19-21(15)9-7-17-16/h7,9-10,12,14,18H,4-6,8,11H2,1-3H3. The van der Waals surface area contributed by atoms with Gasteiger partial charge in [0.15, 0.2) is 5.82 Å². The van der Waals surface area contributed by atoms with Gasteiger partial charge in [0.1, 0.15) is 5.52 Å². The minimum absolute atomic E-state index is 0.523. The van der Waals surface area contributed by atoms with Gasteiger partial charge in [-0.25, -0.2) is 9.50 Å². The molecule has 2 aromatic rings. The van der Waals surface area contributed by atoms with Crippen molar-refractivity contribution in [2.24, 2.45) is 0 Å². The van der Waals surface area contributed by atoms with Crippen molar-refractivity contribution in [3.63, 3.8) is 0 Å². The number of rotatable bonds is 4. The maximum Gasteiger partial charge on any atom is 0.154 e. The Balaban J connectivity index is 1.90. The van der Waals surface area contributed by atoms with Gasteiger partial charge in [-0.1, -0.05) is 13.8 Å². The van der Waals surface area contributed by atoms with Crippen LogP contribution >= 0.6 is 0 Å². The number of nitrogens with zero attached hydrogens (tertiary/aromatic N) is 4. The molecule has 5 nitrogen and oxygen atoms in total. The van der Waals surface area contributed by atoms with Crippen molar-refractivity contribution in [1.29, 1.82) is 0 Å². The summed E-state index contributed by atoms with van der Waals surface area (Å²) in [6, 6.07) is 3.17. The third-order valence-electron chi connectivity index (χ3n) is 4.15. The lowest BCUT2D eigenvalue weighted by Gasteiger charge is -2.37. The van der Waals surface area contributed by atoms with Crippen LogP contribution in [0.15, 0.2) is 18.5 Å². The Hall–Kier alpha value is -1.62. The zero-order valence-electron chi connectivity index (χ0n) is 13.2. The smallest absolute Gasteiger partial charge is 0.154 e. The van der Waals surface area contributed by atoms with Crippen LogP contribution in [0.1, 0.15) is 38.8 Å². The average molecular weight is 287 g/mol. The van der Waals surface area contributed by atoms with Crippen molar-refractivity contribution in [2.75, 3.05) is 18.0 Å². The fourth-order valence-corrected chi connectivity index (χ4v) is 3.12. The van der Waals surface area contributed by atoms with Gasteiger partial charge in [-0.3, -0.25) is 0 Å². The molecule has 5 heteroatoms. The molecule has 0 aromatic carbocycles. The van der Waals surface area contributed by atoms with Gasteiger partial charge < -0.3 is 10.2 Å². The van der Waals surface area contributed by atoms with Crippen molar-refractivity contribution in [1.82, 2.24) is 19.9 Å². The van der Waals surface area contributed by atoms with Gasteiger partial charge in [0.2, 0.25) is 0 Å². The molecule has 1 atom stereocenters. The van der Waals surface area contributed by atoms with E-state index in [0.717, 1.165) is 30.1 Å². The van der Waals surface area contributed by atoms with Crippen LogP contribution in [-0.4, -0.2) is 39.8 Å². The molecule has 114 valence electrons. The van der Waals surface area contributed by atoms with Gasteiger partial charge >= 0.3 is 0 Å². The van der Waals surface area contributed by atoms with Crippen LogP contribution in [0.25, 0.3) is 5.52 Å². The third kappa shape index (κ3) is 3.02. The maximum atomic E-state index is 4.66. The molecule has 0 aliphatic carbocycles. The molecule has 1 aliphatic heterocycles. The summed E-state index contributed by atoms with van der Waals surface area (Å²) >= 11 is 0. The van der Waals surface area contributed by atoms with Crippen molar-refractivity contribution < 1.29 is 0 Å². The van der Waals surface area contributed by atoms with Crippen LogP contribution in [0.2, 0.25) is 0 Å². The molecule has 3 heterocycles. The second kappa shape index (κ2) is 6.02. The van der Waals surface area contributed by atoms with Crippen LogP contribution in [0, 0.1) is 6.92 Å². The molecule has 0 saturated carbocycles. The molecule has 1 saturated heterocycles. The predicted molar refractivity (Wildman–Crippen MR) is 85.8 cm³/mol. The summed E-state index contributed by atoms with van der Waals surface area (Å²) in [4.78, 5) is 7.13. The number of aromatic nitrogens is 3. The van der Waals surface area contributed by atoms with Crippen LogP contribution in [-0.2, 0) is 0 Å². The van der Waals surface area contributed by atoms with E-state index in [1.54, 1.807) is 0 Å². The Morgan fingerprint density at radius 1 is 1.38 bits per heavy atom. The minimum Gasteiger partial charge on any atom is -0.351 e. The van der Waals surface area contributed by atoms with E-state index in [1.807, 2.05) is 23.8 Å². The molecule has 21 heavy (non-hydrogen) atoms. The van der Waals surface area contributed by atoms with E-state index in [0.29, 0.717) is 12.1 Å². The highest BCUT2D eigenvalue weighted by Crippen LogP contribution is 2.26. The number of hydrogen-bond donors (Lipinski definition) is 1. The van der Waals surface area contributed by atoms with Gasteiger partial charge in [-0.15, -0.1) is 0 Å². The first-order chi connectivity index (χ1) is 10.1. The van der Waals surface area contributed by atoms with Crippen molar-refractivity contribution >= 4 is 11.3 Å². The lowest BCUT2D eigenvalue weighted by molar-refractivity contribution is 0.419. The highest BCUT2D eigenvalue weighted by atomic mass is 15.3. The summed E-state index contributed by atoms with van der Waals surface area (Å²) < 4.78 is 1.94. The van der Waals surface area contributed by atoms with E-state index in [2.05, 4.69) is 40.2 Å². The van der Waals surface area contributed by atoms with E-state index in [4.69, 9.17) is 0 Å². The topological polar surface area (TPSA) is 45.5 Å². The molecule has 1 unspecified atom stereocenters. The summed E-state index contributed by atoms with van der Waals surface area (Å²) in [5, 5.41) is 8.08. The Bertz CT molecular complexity index is 604. The Morgan fingerprint density at radius 3 is 3.05 bits per heavy atom. The van der Waals surface area contributed by atoms with Crippen LogP contribution in [0.4, 0.5) is 5.82 Å². The Morgan fingerprint density at radius 2 is 2.24 bits per heavy atom. The second-order valence-corrected chi connectivity index (χ2v) is 6.27. The first kappa shape index (κ1) is 14.3. The van der Waals surface area contributed by atoms with Gasteiger partial charge in [0.05, 0.1) is 5.69 Å². The molecule has 2 aromatic heterocycles. The predicted octanol–water partition coefficient (Wildman–Crippen LogP) is 2.39. The Kier molecular flexibility index (Phi) is 4.10. The molecular formula is C16H25N5. The second-order valence-electron chi connectivity index (χ2n) is 6.27. The summed E-state index contributed by atoms with van der Waals surface area (Å²) in [7, 11) is 0. The van der Waals surface area contributed by atoms with Crippen molar-refractivity contribution in [2.45, 2.75) is 52.1 Å². The summed E-state index contributed by atoms with van der Waals surface area (Å²) in [5.74, 6) is 1.08. The van der Waals surface area contributed by atoms with E-state index in [-0.39, 0.29) is 0 Å². The molecule has 0 amide bonds. The number of fused-ring (bicyclic) bond motifs is 1. The van der Waals surface area contributed by atoms with Crippen LogP contribution in [0.3, 0.4) is 0 Å². The number of piperidine rings is 1. The average Bonchev–Trinajstić information content (AvgIpc) is 2.85. The normalized spacial score (nSPS) is 19.6. The maximum absolute atomic E-state index is 4.66. The van der Waals surface area contributed by atoms with E-state index >= 15 is 0 Å². The monoisotopic (exact) mass is 287 g/mol. The van der Waals surface area contributed by atoms with Gasteiger partial charge in [-0.05, 0) is 32.3 Å². The zero-order valence-corrected chi connectivity index (χ0v) is 13.2. The molecule has 1 fully saturated rings. The molecule has 0 bridgehead atoms. The summed E-state index contributed by atoms with van der Waals surface area (Å²) in [5.41, 5.74) is 2.16. The molecule has 0 radical (unpaired) electrons. The highest BCUT2D eigenvalue weighted by Gasteiger charge is 2.25. The number of hydrogen-bond acceptors (Lipinski definition) is 4. The van der Waals surface area contributed by atoms with Crippen LogP contribution in [0.5, 0.6) is 0 Å². The molecule has 0 spiro atoms. The van der Waals surface area contributed by atoms with Crippen molar-refractivity contribution in [3.8, 4) is 0 Å². The molecule has 1 aliphatic rings. The first-order valence-electron chi connectivity index (χ1n) is 7.96. The zero-order chi connectivity index (χ0) is 14.8. The van der Waals surface area contributed by atoms with Gasteiger partial charge in [0.25, 0.3) is 0 Å². The van der Waals surface area contributed by atoms with Gasteiger partial charge in [0, 0.05) is 37.6 Å². The van der Waals surface area contributed by atoms with E-state index in [1.165, 1.54) is 19.3 Å². The molecular weight excluding hydrogens is 262 g/mol. The third-order valence-corrected chi connectivity index (χ3v) is 4.15. The number of aryl methyl sites for hydroxylation is 1. The minimum atomic E-state index is 0.523. The molecule has 1 N–H and O–H groups in total. The number of nitrogens with one attached hydrogen (secondary N) is 1. The quantitative estimate of drug-likeness (QED) is 0.938. The van der Waals surface area contributed by atoms with Gasteiger partial charge in [-0.2, -0.15) is 5.10 Å². The fourth-order valence-electron chi connectivity index (χ4n) is 3.12. The Labute approximate surface area is 126 Å². The highest BCUT2D eigenvalue weighted by molar-refractivity contribution is 5.69. The summed E-state index contributed by atoms with van der Waals surface area (Å²) in [6.07, 6.45) is 7.57. The van der Waals surface area contributed by atoms with Crippen LogP contribution < -0.4 is 10.2 Å². The van der Waals surface area contributed by atoms with E-state index in [9.17, 15) is 0 Å². The largest absolute Gasteiger partial charge is 0.351 e. The lowest BCUT2D eigenvalue weighted by Crippen LogP contribution is -2.47. The first-order valence-corrected chi connectivity index (χ1v) is 7.96. The lowest BCUT2D eigenvalue weighted by atomic mass is 10.0. The number of anilines is 1. The SMILES string of the molecule is Cc1cc2c(N3CCCCC3CNC(C)C)nccn2n1. The van der Waals surface area contributed by atoms with E-state index < -0.39 is 0 Å². The molecule has 3 rings (SSSR count). The fraction of sp³-hybridized carbons (Fsp3) is 0.625. The summed E-state index contributed by atoms with van der Waals surface area (Å²) in [6.45, 7) is 8.54.